The summed E-state index contributed by atoms with van der Waals surface area (Å²) in [6, 6.07) is 13.8. The normalized spacial score (nSPS) is 18.2. The minimum atomic E-state index is 0.0162. The average Bonchev–Trinajstić information content (AvgIpc) is 2.64. The Morgan fingerprint density at radius 3 is 2.72 bits per heavy atom. The summed E-state index contributed by atoms with van der Waals surface area (Å²) < 4.78 is 5.72. The maximum atomic E-state index is 12.6. The molecule has 1 aliphatic heterocycles. The van der Waals surface area contributed by atoms with Gasteiger partial charge in [0, 0.05) is 44.0 Å². The Labute approximate surface area is 149 Å². The van der Waals surface area contributed by atoms with Crippen LogP contribution < -0.4 is 4.74 Å². The Hall–Kier alpha value is -2.40. The average molecular weight is 339 g/mol. The Morgan fingerprint density at radius 1 is 1.20 bits per heavy atom. The highest BCUT2D eigenvalue weighted by molar-refractivity contribution is 5.92. The SMILES string of the molecule is CCOc1ccccc1CN1CCN(C(=O)c2ccccn2)[C@H](C)C1. The van der Waals surface area contributed by atoms with Crippen LogP contribution in [0.25, 0.3) is 0 Å². The van der Waals surface area contributed by atoms with Gasteiger partial charge in [-0.2, -0.15) is 0 Å². The summed E-state index contributed by atoms with van der Waals surface area (Å²) in [5, 5.41) is 0. The largest absolute Gasteiger partial charge is 0.494 e. The Balaban J connectivity index is 1.63. The number of ether oxygens (including phenoxy) is 1. The van der Waals surface area contributed by atoms with E-state index in [-0.39, 0.29) is 11.9 Å². The molecule has 0 spiro atoms. The van der Waals surface area contributed by atoms with Crippen LogP contribution in [0, 0.1) is 0 Å². The minimum absolute atomic E-state index is 0.0162. The second kappa shape index (κ2) is 8.12. The Morgan fingerprint density at radius 2 is 2.00 bits per heavy atom. The van der Waals surface area contributed by atoms with E-state index in [1.807, 2.05) is 42.2 Å². The van der Waals surface area contributed by atoms with Crippen molar-refractivity contribution in [3.05, 3.63) is 59.9 Å². The van der Waals surface area contributed by atoms with Crippen molar-refractivity contribution in [1.29, 1.82) is 0 Å². The highest BCUT2D eigenvalue weighted by Crippen LogP contribution is 2.22. The van der Waals surface area contributed by atoms with Crippen molar-refractivity contribution in [2.75, 3.05) is 26.2 Å². The summed E-state index contributed by atoms with van der Waals surface area (Å²) in [6.45, 7) is 8.02. The molecule has 0 saturated carbocycles. The summed E-state index contributed by atoms with van der Waals surface area (Å²) in [5.41, 5.74) is 1.71. The molecule has 1 aromatic carbocycles. The maximum absolute atomic E-state index is 12.6. The van der Waals surface area contributed by atoms with Gasteiger partial charge in [0.2, 0.25) is 0 Å². The zero-order valence-electron chi connectivity index (χ0n) is 14.9. The van der Waals surface area contributed by atoms with Crippen molar-refractivity contribution >= 4 is 5.91 Å². The molecule has 132 valence electrons. The predicted molar refractivity (Wildman–Crippen MR) is 97.6 cm³/mol. The van der Waals surface area contributed by atoms with E-state index in [0.29, 0.717) is 18.8 Å². The molecule has 1 saturated heterocycles. The van der Waals surface area contributed by atoms with Crippen molar-refractivity contribution < 1.29 is 9.53 Å². The van der Waals surface area contributed by atoms with Crippen molar-refractivity contribution in [2.45, 2.75) is 26.4 Å². The number of para-hydroxylation sites is 1. The van der Waals surface area contributed by atoms with Crippen LogP contribution in [0.2, 0.25) is 0 Å². The second-order valence-corrected chi connectivity index (χ2v) is 6.34. The molecule has 2 heterocycles. The third kappa shape index (κ3) is 4.17. The van der Waals surface area contributed by atoms with E-state index in [1.54, 1.807) is 12.3 Å². The second-order valence-electron chi connectivity index (χ2n) is 6.34. The van der Waals surface area contributed by atoms with E-state index >= 15 is 0 Å². The third-order valence-corrected chi connectivity index (χ3v) is 4.52. The van der Waals surface area contributed by atoms with E-state index in [0.717, 1.165) is 25.4 Å². The zero-order chi connectivity index (χ0) is 17.6. The molecule has 5 nitrogen and oxygen atoms in total. The number of amides is 1. The molecule has 1 amide bonds. The van der Waals surface area contributed by atoms with Crippen molar-refractivity contribution in [1.82, 2.24) is 14.8 Å². The zero-order valence-corrected chi connectivity index (χ0v) is 14.9. The smallest absolute Gasteiger partial charge is 0.272 e. The molecule has 0 N–H and O–H groups in total. The van der Waals surface area contributed by atoms with E-state index < -0.39 is 0 Å². The molecular weight excluding hydrogens is 314 g/mol. The molecule has 3 rings (SSSR count). The van der Waals surface area contributed by atoms with Crippen LogP contribution in [0.5, 0.6) is 5.75 Å². The fourth-order valence-corrected chi connectivity index (χ4v) is 3.29. The van der Waals surface area contributed by atoms with Gasteiger partial charge in [-0.1, -0.05) is 24.3 Å². The van der Waals surface area contributed by atoms with Crippen LogP contribution in [0.3, 0.4) is 0 Å². The molecule has 0 aliphatic carbocycles. The lowest BCUT2D eigenvalue weighted by Gasteiger charge is -2.39. The fraction of sp³-hybridized carbons (Fsp3) is 0.400. The number of benzene rings is 1. The van der Waals surface area contributed by atoms with E-state index in [1.165, 1.54) is 5.56 Å². The van der Waals surface area contributed by atoms with Crippen molar-refractivity contribution in [2.24, 2.45) is 0 Å². The molecular formula is C20H25N3O2. The first-order valence-corrected chi connectivity index (χ1v) is 8.84. The van der Waals surface area contributed by atoms with Crippen LogP contribution in [-0.4, -0.2) is 53.0 Å². The van der Waals surface area contributed by atoms with Crippen LogP contribution in [0.4, 0.5) is 0 Å². The first-order chi connectivity index (χ1) is 12.2. The van der Waals surface area contributed by atoms with Gasteiger partial charge in [-0.3, -0.25) is 14.7 Å². The lowest BCUT2D eigenvalue weighted by Crippen LogP contribution is -2.53. The number of hydrogen-bond acceptors (Lipinski definition) is 4. The van der Waals surface area contributed by atoms with Gasteiger partial charge in [0.1, 0.15) is 11.4 Å². The number of hydrogen-bond donors (Lipinski definition) is 0. The van der Waals surface area contributed by atoms with Gasteiger partial charge in [-0.15, -0.1) is 0 Å². The third-order valence-electron chi connectivity index (χ3n) is 4.52. The lowest BCUT2D eigenvalue weighted by atomic mass is 10.1. The van der Waals surface area contributed by atoms with Gasteiger partial charge in [0.15, 0.2) is 0 Å². The maximum Gasteiger partial charge on any atom is 0.272 e. The van der Waals surface area contributed by atoms with Gasteiger partial charge < -0.3 is 9.64 Å². The van der Waals surface area contributed by atoms with Crippen LogP contribution in [-0.2, 0) is 6.54 Å². The standard InChI is InChI=1S/C20H25N3O2/c1-3-25-19-10-5-4-8-17(19)15-22-12-13-23(16(2)14-22)20(24)18-9-6-7-11-21-18/h4-11,16H,3,12-15H2,1-2H3/t16-/m1/s1. The molecule has 1 aliphatic rings. The number of piperazine rings is 1. The molecule has 0 radical (unpaired) electrons. The summed E-state index contributed by atoms with van der Waals surface area (Å²) in [5.74, 6) is 0.965. The Bertz CT molecular complexity index is 705. The summed E-state index contributed by atoms with van der Waals surface area (Å²) in [6.07, 6.45) is 1.67. The predicted octanol–water partition coefficient (Wildman–Crippen LogP) is 2.83. The van der Waals surface area contributed by atoms with E-state index in [2.05, 4.69) is 22.9 Å². The molecule has 2 aromatic rings. The summed E-state index contributed by atoms with van der Waals surface area (Å²) in [7, 11) is 0. The minimum Gasteiger partial charge on any atom is -0.494 e. The van der Waals surface area contributed by atoms with E-state index in [4.69, 9.17) is 4.74 Å². The monoisotopic (exact) mass is 339 g/mol. The van der Waals surface area contributed by atoms with Crippen LogP contribution in [0.1, 0.15) is 29.9 Å². The van der Waals surface area contributed by atoms with Gasteiger partial charge in [0.25, 0.3) is 5.91 Å². The van der Waals surface area contributed by atoms with Gasteiger partial charge >= 0.3 is 0 Å². The topological polar surface area (TPSA) is 45.7 Å². The van der Waals surface area contributed by atoms with Crippen molar-refractivity contribution in [3.8, 4) is 5.75 Å². The highest BCUT2D eigenvalue weighted by Gasteiger charge is 2.28. The molecule has 1 aromatic heterocycles. The molecule has 1 atom stereocenters. The molecule has 25 heavy (non-hydrogen) atoms. The lowest BCUT2D eigenvalue weighted by molar-refractivity contribution is 0.0468. The van der Waals surface area contributed by atoms with Crippen molar-refractivity contribution in [3.63, 3.8) is 0 Å². The molecule has 5 heteroatoms. The number of nitrogens with zero attached hydrogens (tertiary/aromatic N) is 3. The quantitative estimate of drug-likeness (QED) is 0.840. The van der Waals surface area contributed by atoms with Gasteiger partial charge in [-0.05, 0) is 32.0 Å². The first kappa shape index (κ1) is 17.4. The number of carbonyl (C=O) groups is 1. The Kier molecular flexibility index (Phi) is 5.66. The van der Waals surface area contributed by atoms with Crippen LogP contribution >= 0.6 is 0 Å². The number of carbonyl (C=O) groups excluding carboxylic acids is 1. The van der Waals surface area contributed by atoms with Gasteiger partial charge in [-0.25, -0.2) is 0 Å². The molecule has 0 bridgehead atoms. The van der Waals surface area contributed by atoms with E-state index in [9.17, 15) is 4.79 Å². The van der Waals surface area contributed by atoms with Crippen LogP contribution in [0.15, 0.2) is 48.7 Å². The number of rotatable bonds is 5. The molecule has 1 fully saturated rings. The fourth-order valence-electron chi connectivity index (χ4n) is 3.29. The summed E-state index contributed by atoms with van der Waals surface area (Å²) >= 11 is 0. The first-order valence-electron chi connectivity index (χ1n) is 8.84. The number of pyridine rings is 1. The molecule has 0 unspecified atom stereocenters. The highest BCUT2D eigenvalue weighted by atomic mass is 16.5. The van der Waals surface area contributed by atoms with Gasteiger partial charge in [0.05, 0.1) is 6.61 Å². The number of aromatic nitrogens is 1. The summed E-state index contributed by atoms with van der Waals surface area (Å²) in [4.78, 5) is 21.1.